The lowest BCUT2D eigenvalue weighted by molar-refractivity contribution is -0.122. The van der Waals surface area contributed by atoms with Crippen molar-refractivity contribution in [3.8, 4) is 11.5 Å². The lowest BCUT2D eigenvalue weighted by Crippen LogP contribution is -2.48. The molecular formula is C27H32N2O5S. The van der Waals surface area contributed by atoms with Crippen molar-refractivity contribution in [3.63, 3.8) is 0 Å². The van der Waals surface area contributed by atoms with Gasteiger partial charge in [-0.2, -0.15) is 4.72 Å². The largest absolute Gasteiger partial charge is 0.497 e. The first-order chi connectivity index (χ1) is 16.8. The van der Waals surface area contributed by atoms with Crippen LogP contribution in [0.15, 0.2) is 77.7 Å². The van der Waals surface area contributed by atoms with Gasteiger partial charge in [-0.25, -0.2) is 8.42 Å². The van der Waals surface area contributed by atoms with Crippen molar-refractivity contribution in [2.75, 3.05) is 20.3 Å². The fourth-order valence-corrected chi connectivity index (χ4v) is 4.93. The van der Waals surface area contributed by atoms with Crippen molar-refractivity contribution in [2.24, 2.45) is 0 Å². The van der Waals surface area contributed by atoms with Crippen LogP contribution in [-0.4, -0.2) is 40.6 Å². The fourth-order valence-electron chi connectivity index (χ4n) is 3.64. The number of rotatable bonds is 12. The Morgan fingerprint density at radius 3 is 2.31 bits per heavy atom. The van der Waals surface area contributed by atoms with Gasteiger partial charge in [-0.1, -0.05) is 42.5 Å². The molecule has 3 rings (SSSR count). The van der Waals surface area contributed by atoms with Crippen molar-refractivity contribution in [1.29, 1.82) is 0 Å². The molecular weight excluding hydrogens is 464 g/mol. The molecule has 0 aliphatic heterocycles. The number of benzene rings is 3. The first-order valence-electron chi connectivity index (χ1n) is 11.5. The van der Waals surface area contributed by atoms with E-state index >= 15 is 0 Å². The molecule has 0 aromatic heterocycles. The maximum Gasteiger partial charge on any atom is 0.241 e. The van der Waals surface area contributed by atoms with Gasteiger partial charge in [0.1, 0.15) is 17.5 Å². The first kappa shape index (κ1) is 26.2. The van der Waals surface area contributed by atoms with Crippen LogP contribution in [0.3, 0.4) is 0 Å². The highest BCUT2D eigenvalue weighted by atomic mass is 32.2. The zero-order valence-electron chi connectivity index (χ0n) is 20.3. The van der Waals surface area contributed by atoms with Crippen LogP contribution in [0.5, 0.6) is 11.5 Å². The van der Waals surface area contributed by atoms with Gasteiger partial charge in [-0.3, -0.25) is 4.79 Å². The average Bonchev–Trinajstić information content (AvgIpc) is 2.86. The Bertz CT molecular complexity index is 1210. The predicted molar refractivity (Wildman–Crippen MR) is 136 cm³/mol. The number of aryl methyl sites for hydroxylation is 1. The molecule has 35 heavy (non-hydrogen) atoms. The zero-order valence-corrected chi connectivity index (χ0v) is 21.1. The van der Waals surface area contributed by atoms with E-state index in [9.17, 15) is 13.2 Å². The van der Waals surface area contributed by atoms with Crippen LogP contribution in [0.1, 0.15) is 23.6 Å². The van der Waals surface area contributed by atoms with Crippen LogP contribution in [0, 0.1) is 6.92 Å². The van der Waals surface area contributed by atoms with Gasteiger partial charge in [0, 0.05) is 6.54 Å². The standard InChI is InChI=1S/C27H32N2O5S/c1-4-34-26-15-14-24(18-20(26)2)35(31,32)29-25(19-22-8-6-5-7-9-22)27(30)28-17-16-21-10-12-23(33-3)13-11-21/h5-15,18,25,29H,4,16-17,19H2,1-3H3,(H,28,30)/t25-/m1/s1. The minimum absolute atomic E-state index is 0.0857. The van der Waals surface area contributed by atoms with E-state index in [1.54, 1.807) is 26.2 Å². The van der Waals surface area contributed by atoms with Gasteiger partial charge < -0.3 is 14.8 Å². The smallest absolute Gasteiger partial charge is 0.241 e. The van der Waals surface area contributed by atoms with E-state index in [4.69, 9.17) is 9.47 Å². The van der Waals surface area contributed by atoms with E-state index in [1.165, 1.54) is 6.07 Å². The third-order valence-electron chi connectivity index (χ3n) is 5.53. The molecule has 3 aromatic carbocycles. The third-order valence-corrected chi connectivity index (χ3v) is 6.99. The summed E-state index contributed by atoms with van der Waals surface area (Å²) in [6.07, 6.45) is 0.836. The molecule has 0 heterocycles. The maximum atomic E-state index is 13.2. The van der Waals surface area contributed by atoms with Gasteiger partial charge in [0.2, 0.25) is 15.9 Å². The molecule has 0 bridgehead atoms. The molecule has 0 aliphatic rings. The van der Waals surface area contributed by atoms with Crippen molar-refractivity contribution in [3.05, 3.63) is 89.5 Å². The van der Waals surface area contributed by atoms with Crippen LogP contribution in [0.2, 0.25) is 0 Å². The molecule has 0 radical (unpaired) electrons. The second-order valence-corrected chi connectivity index (χ2v) is 9.83. The highest BCUT2D eigenvalue weighted by Crippen LogP contribution is 2.22. The summed E-state index contributed by atoms with van der Waals surface area (Å²) in [4.78, 5) is 13.2. The summed E-state index contributed by atoms with van der Waals surface area (Å²) in [5.41, 5.74) is 2.60. The van der Waals surface area contributed by atoms with Crippen LogP contribution in [-0.2, 0) is 27.7 Å². The second kappa shape index (κ2) is 12.4. The minimum Gasteiger partial charge on any atom is -0.497 e. The number of sulfonamides is 1. The Hall–Kier alpha value is -3.36. The van der Waals surface area contributed by atoms with Crippen LogP contribution in [0.4, 0.5) is 0 Å². The SMILES string of the molecule is CCOc1ccc(S(=O)(=O)N[C@H](Cc2ccccc2)C(=O)NCCc2ccc(OC)cc2)cc1C. The highest BCUT2D eigenvalue weighted by Gasteiger charge is 2.26. The summed E-state index contributed by atoms with van der Waals surface area (Å²) >= 11 is 0. The van der Waals surface area contributed by atoms with E-state index in [2.05, 4.69) is 10.0 Å². The van der Waals surface area contributed by atoms with E-state index < -0.39 is 16.1 Å². The van der Waals surface area contributed by atoms with Crippen molar-refractivity contribution < 1.29 is 22.7 Å². The molecule has 1 atom stereocenters. The number of carbonyl (C=O) groups is 1. The molecule has 0 saturated carbocycles. The summed E-state index contributed by atoms with van der Waals surface area (Å²) in [7, 11) is -2.34. The first-order valence-corrected chi connectivity index (χ1v) is 13.0. The number of amides is 1. The Morgan fingerprint density at radius 1 is 0.971 bits per heavy atom. The quantitative estimate of drug-likeness (QED) is 0.399. The van der Waals surface area contributed by atoms with Gasteiger partial charge in [0.15, 0.2) is 0 Å². The monoisotopic (exact) mass is 496 g/mol. The molecule has 8 heteroatoms. The molecule has 1 amide bonds. The van der Waals surface area contributed by atoms with Crippen LogP contribution >= 0.6 is 0 Å². The predicted octanol–water partition coefficient (Wildman–Crippen LogP) is 3.65. The third kappa shape index (κ3) is 7.56. The number of ether oxygens (including phenoxy) is 2. The average molecular weight is 497 g/mol. The lowest BCUT2D eigenvalue weighted by atomic mass is 10.1. The van der Waals surface area contributed by atoms with E-state index in [-0.39, 0.29) is 17.2 Å². The highest BCUT2D eigenvalue weighted by molar-refractivity contribution is 7.89. The van der Waals surface area contributed by atoms with Crippen molar-refractivity contribution >= 4 is 15.9 Å². The number of carbonyl (C=O) groups excluding carboxylic acids is 1. The summed E-state index contributed by atoms with van der Waals surface area (Å²) in [5.74, 6) is 1.01. The minimum atomic E-state index is -3.94. The Morgan fingerprint density at radius 2 is 1.69 bits per heavy atom. The number of nitrogens with one attached hydrogen (secondary N) is 2. The number of hydrogen-bond donors (Lipinski definition) is 2. The van der Waals surface area contributed by atoms with Gasteiger partial charge in [0.05, 0.1) is 18.6 Å². The van der Waals surface area contributed by atoms with Crippen molar-refractivity contribution in [1.82, 2.24) is 10.0 Å². The van der Waals surface area contributed by atoms with Crippen molar-refractivity contribution in [2.45, 2.75) is 37.6 Å². The van der Waals surface area contributed by atoms with Crippen LogP contribution < -0.4 is 19.5 Å². The second-order valence-electron chi connectivity index (χ2n) is 8.11. The van der Waals surface area contributed by atoms with Gasteiger partial charge >= 0.3 is 0 Å². The normalized spacial score (nSPS) is 12.1. The zero-order chi connectivity index (χ0) is 25.3. The molecule has 0 unspecified atom stereocenters. The van der Waals surface area contributed by atoms with E-state index in [0.29, 0.717) is 30.9 Å². The number of hydrogen-bond acceptors (Lipinski definition) is 5. The molecule has 2 N–H and O–H groups in total. The summed E-state index contributed by atoms with van der Waals surface area (Å²) < 4.78 is 39.6. The molecule has 0 fully saturated rings. The number of methoxy groups -OCH3 is 1. The Labute approximate surface area is 207 Å². The Kier molecular flexibility index (Phi) is 9.28. The van der Waals surface area contributed by atoms with E-state index in [1.807, 2.05) is 61.5 Å². The van der Waals surface area contributed by atoms with Gasteiger partial charge in [-0.05, 0) is 73.7 Å². The fraction of sp³-hybridized carbons (Fsp3) is 0.296. The van der Waals surface area contributed by atoms with E-state index in [0.717, 1.165) is 16.9 Å². The molecule has 0 aliphatic carbocycles. The lowest BCUT2D eigenvalue weighted by Gasteiger charge is -2.19. The van der Waals surface area contributed by atoms with Crippen LogP contribution in [0.25, 0.3) is 0 Å². The van der Waals surface area contributed by atoms with Gasteiger partial charge in [0.25, 0.3) is 0 Å². The summed E-state index contributed by atoms with van der Waals surface area (Å²) in [5, 5.41) is 2.87. The molecule has 0 spiro atoms. The molecule has 3 aromatic rings. The summed E-state index contributed by atoms with van der Waals surface area (Å²) in [6.45, 7) is 4.52. The van der Waals surface area contributed by atoms with Gasteiger partial charge in [-0.15, -0.1) is 0 Å². The molecule has 7 nitrogen and oxygen atoms in total. The maximum absolute atomic E-state index is 13.2. The summed E-state index contributed by atoms with van der Waals surface area (Å²) in [6, 6.07) is 20.6. The molecule has 0 saturated heterocycles. The Balaban J connectivity index is 1.73. The topological polar surface area (TPSA) is 93.7 Å². The molecule has 186 valence electrons.